The Morgan fingerprint density at radius 1 is 1.07 bits per heavy atom. The van der Waals surface area contributed by atoms with Gasteiger partial charge in [0.15, 0.2) is 5.78 Å². The first-order chi connectivity index (χ1) is 14.4. The second kappa shape index (κ2) is 8.05. The fourth-order valence-corrected chi connectivity index (χ4v) is 4.09. The summed E-state index contributed by atoms with van der Waals surface area (Å²) in [5, 5.41) is 11.4. The Morgan fingerprint density at radius 3 is 2.53 bits per heavy atom. The number of aromatic nitrogens is 1. The molecule has 4 rings (SSSR count). The number of phenolic OH excluding ortho intramolecular Hbond substituents is 1. The zero-order chi connectivity index (χ0) is 21.4. The van der Waals surface area contributed by atoms with Crippen molar-refractivity contribution in [2.45, 2.75) is 12.8 Å². The number of aliphatic imine (C=N–C) groups is 1. The fraction of sp³-hybridized carbons (Fsp3) is 0.333. The van der Waals surface area contributed by atoms with Crippen molar-refractivity contribution in [3.05, 3.63) is 64.5 Å². The number of phenols is 1. The highest BCUT2D eigenvalue weighted by Crippen LogP contribution is 2.37. The molecule has 0 saturated heterocycles. The van der Waals surface area contributed by atoms with Crippen molar-refractivity contribution in [2.24, 2.45) is 4.99 Å². The molecule has 30 heavy (non-hydrogen) atoms. The van der Waals surface area contributed by atoms with Crippen LogP contribution in [-0.2, 0) is 11.2 Å². The van der Waals surface area contributed by atoms with Gasteiger partial charge in [0.05, 0.1) is 22.7 Å². The van der Waals surface area contributed by atoms with Gasteiger partial charge < -0.3 is 19.9 Å². The third-order valence-corrected chi connectivity index (χ3v) is 5.58. The topological polar surface area (TPSA) is 71.9 Å². The predicted molar refractivity (Wildman–Crippen MR) is 121 cm³/mol. The van der Waals surface area contributed by atoms with Crippen LogP contribution in [0.4, 0.5) is 0 Å². The molecule has 6 heteroatoms. The number of benzene rings is 1. The number of carbonyl (C=O) groups is 1. The summed E-state index contributed by atoms with van der Waals surface area (Å²) in [5.74, 6) is 0.271. The van der Waals surface area contributed by atoms with Crippen molar-refractivity contribution in [1.82, 2.24) is 14.8 Å². The van der Waals surface area contributed by atoms with E-state index in [4.69, 9.17) is 4.99 Å². The molecule has 0 amide bonds. The summed E-state index contributed by atoms with van der Waals surface area (Å²) in [7, 11) is 8.13. The highest BCUT2D eigenvalue weighted by Gasteiger charge is 2.32. The first-order valence-corrected chi connectivity index (χ1v) is 10.2. The van der Waals surface area contributed by atoms with E-state index < -0.39 is 0 Å². The van der Waals surface area contributed by atoms with Crippen molar-refractivity contribution in [3.63, 3.8) is 0 Å². The summed E-state index contributed by atoms with van der Waals surface area (Å²) < 4.78 is 0. The van der Waals surface area contributed by atoms with Gasteiger partial charge in [-0.15, -0.1) is 0 Å². The van der Waals surface area contributed by atoms with Gasteiger partial charge >= 0.3 is 0 Å². The zero-order valence-electron chi connectivity index (χ0n) is 18.0. The van der Waals surface area contributed by atoms with Gasteiger partial charge in [-0.05, 0) is 76.5 Å². The van der Waals surface area contributed by atoms with Crippen LogP contribution < -0.4 is 0 Å². The molecule has 1 aromatic heterocycles. The second-order valence-corrected chi connectivity index (χ2v) is 8.37. The molecule has 0 saturated carbocycles. The molecule has 0 bridgehead atoms. The van der Waals surface area contributed by atoms with Gasteiger partial charge in [0.1, 0.15) is 5.75 Å². The van der Waals surface area contributed by atoms with E-state index in [2.05, 4.69) is 14.8 Å². The quantitative estimate of drug-likeness (QED) is 0.744. The minimum Gasteiger partial charge on any atom is -0.507 e. The number of nitrogens with zero attached hydrogens (tertiary/aromatic N) is 3. The summed E-state index contributed by atoms with van der Waals surface area (Å²) >= 11 is 0. The molecular formula is C24H28N4O2. The standard InChI is InChI=1S/C24H28N4O2/c1-27(2)13-11-15-21-17(7-5-9-19(21)29)25-23(15)24-16(12-14-28(3)4)22-18(26-24)8-6-10-20(22)30/h5-10,25,29H,11-14H2,1-4H3. The van der Waals surface area contributed by atoms with Crippen LogP contribution in [0.5, 0.6) is 5.75 Å². The van der Waals surface area contributed by atoms with E-state index in [0.29, 0.717) is 5.57 Å². The van der Waals surface area contributed by atoms with E-state index in [1.807, 2.05) is 46.4 Å². The number of hydrogen-bond donors (Lipinski definition) is 2. The number of nitrogens with one attached hydrogen (secondary N) is 1. The lowest BCUT2D eigenvalue weighted by Crippen LogP contribution is -2.19. The lowest BCUT2D eigenvalue weighted by Gasteiger charge is -2.15. The number of allylic oxidation sites excluding steroid dienone is 4. The molecule has 1 aliphatic carbocycles. The Balaban J connectivity index is 1.89. The molecule has 0 spiro atoms. The molecule has 0 atom stereocenters. The van der Waals surface area contributed by atoms with Gasteiger partial charge in [0.2, 0.25) is 0 Å². The molecule has 0 fully saturated rings. The molecule has 2 aliphatic rings. The summed E-state index contributed by atoms with van der Waals surface area (Å²) in [5.41, 5.74) is 6.05. The third kappa shape index (κ3) is 3.64. The van der Waals surface area contributed by atoms with Crippen molar-refractivity contribution in [3.8, 4) is 5.75 Å². The first kappa shape index (κ1) is 20.3. The predicted octanol–water partition coefficient (Wildman–Crippen LogP) is 3.05. The number of hydrogen-bond acceptors (Lipinski definition) is 5. The van der Waals surface area contributed by atoms with Crippen LogP contribution in [0.2, 0.25) is 0 Å². The average molecular weight is 405 g/mol. The number of rotatable bonds is 7. The van der Waals surface area contributed by atoms with Crippen molar-refractivity contribution >= 4 is 22.4 Å². The molecule has 0 unspecified atom stereocenters. The maximum atomic E-state index is 12.7. The molecule has 6 nitrogen and oxygen atoms in total. The fourth-order valence-electron chi connectivity index (χ4n) is 4.09. The first-order valence-electron chi connectivity index (χ1n) is 10.2. The number of ketones is 1. The molecule has 1 aromatic carbocycles. The Morgan fingerprint density at radius 2 is 1.80 bits per heavy atom. The Labute approximate surface area is 176 Å². The highest BCUT2D eigenvalue weighted by atomic mass is 16.3. The number of carbonyl (C=O) groups excluding carboxylic acids is 1. The number of likely N-dealkylation sites (N-methyl/N-ethyl adjacent to an activating group) is 1. The van der Waals surface area contributed by atoms with Crippen LogP contribution in [0.3, 0.4) is 0 Å². The second-order valence-electron chi connectivity index (χ2n) is 8.37. The average Bonchev–Trinajstić information content (AvgIpc) is 3.24. The summed E-state index contributed by atoms with van der Waals surface area (Å²) in [6, 6.07) is 5.53. The third-order valence-electron chi connectivity index (χ3n) is 5.58. The molecule has 2 heterocycles. The minimum atomic E-state index is 0.00815. The van der Waals surface area contributed by atoms with Crippen LogP contribution in [0.15, 0.2) is 58.3 Å². The van der Waals surface area contributed by atoms with Gasteiger partial charge in [-0.2, -0.15) is 0 Å². The number of aromatic amines is 1. The molecule has 0 radical (unpaired) electrons. The lowest BCUT2D eigenvalue weighted by atomic mass is 9.92. The van der Waals surface area contributed by atoms with E-state index in [9.17, 15) is 9.90 Å². The Kier molecular flexibility index (Phi) is 5.45. The molecular weight excluding hydrogens is 376 g/mol. The van der Waals surface area contributed by atoms with E-state index in [-0.39, 0.29) is 11.5 Å². The Hall–Kier alpha value is -2.96. The van der Waals surface area contributed by atoms with Crippen LogP contribution in [-0.4, -0.2) is 72.7 Å². The van der Waals surface area contributed by atoms with Gasteiger partial charge in [-0.1, -0.05) is 12.1 Å². The Bertz CT molecular complexity index is 1130. The van der Waals surface area contributed by atoms with Crippen LogP contribution >= 0.6 is 0 Å². The van der Waals surface area contributed by atoms with Gasteiger partial charge in [0, 0.05) is 24.0 Å². The van der Waals surface area contributed by atoms with E-state index in [1.54, 1.807) is 18.2 Å². The van der Waals surface area contributed by atoms with Crippen molar-refractivity contribution in [2.75, 3.05) is 41.3 Å². The van der Waals surface area contributed by atoms with Gasteiger partial charge in [-0.3, -0.25) is 4.79 Å². The largest absolute Gasteiger partial charge is 0.507 e. The minimum absolute atomic E-state index is 0.00815. The van der Waals surface area contributed by atoms with Crippen molar-refractivity contribution < 1.29 is 9.90 Å². The molecule has 1 aliphatic heterocycles. The zero-order valence-corrected chi connectivity index (χ0v) is 18.0. The lowest BCUT2D eigenvalue weighted by molar-refractivity contribution is -0.111. The SMILES string of the molecule is CN(C)CCC1=C2C(=O)C=CC=C2N=C1c1[nH]c2cccc(O)c2c1CCN(C)C. The van der Waals surface area contributed by atoms with Crippen LogP contribution in [0.25, 0.3) is 10.9 Å². The van der Waals surface area contributed by atoms with Crippen molar-refractivity contribution in [1.29, 1.82) is 0 Å². The molecule has 2 aromatic rings. The molecule has 2 N–H and O–H groups in total. The number of aromatic hydroxyl groups is 1. The van der Waals surface area contributed by atoms with Gasteiger partial charge in [-0.25, -0.2) is 4.99 Å². The highest BCUT2D eigenvalue weighted by molar-refractivity contribution is 6.25. The smallest absolute Gasteiger partial charge is 0.188 e. The molecule has 156 valence electrons. The summed E-state index contributed by atoms with van der Waals surface area (Å²) in [6.45, 7) is 1.66. The van der Waals surface area contributed by atoms with E-state index >= 15 is 0 Å². The van der Waals surface area contributed by atoms with E-state index in [0.717, 1.165) is 65.1 Å². The van der Waals surface area contributed by atoms with Crippen LogP contribution in [0.1, 0.15) is 17.7 Å². The van der Waals surface area contributed by atoms with Crippen LogP contribution in [0, 0.1) is 0 Å². The van der Waals surface area contributed by atoms with Gasteiger partial charge in [0.25, 0.3) is 0 Å². The summed E-state index contributed by atoms with van der Waals surface area (Å²) in [6.07, 6.45) is 6.77. The normalized spacial score (nSPS) is 16.1. The van der Waals surface area contributed by atoms with E-state index in [1.165, 1.54) is 0 Å². The summed E-state index contributed by atoms with van der Waals surface area (Å²) in [4.78, 5) is 25.3. The maximum Gasteiger partial charge on any atom is 0.188 e. The monoisotopic (exact) mass is 404 g/mol. The number of H-pyrrole nitrogens is 1. The maximum absolute atomic E-state index is 12.7. The number of fused-ring (bicyclic) bond motifs is 2.